The Labute approximate surface area is 90.4 Å². The van der Waals surface area contributed by atoms with Gasteiger partial charge in [0.15, 0.2) is 0 Å². The molecule has 1 aliphatic rings. The molecule has 0 spiro atoms. The summed E-state index contributed by atoms with van der Waals surface area (Å²) >= 11 is 2.01. The standard InChI is InChI=1S/C10H20N2OS/c1-3-11-10(13)4-5-12-9-6-8(2)14-7-9/h8-9,12H,3-7H2,1-2H3,(H,11,13). The van der Waals surface area contributed by atoms with E-state index in [1.54, 1.807) is 0 Å². The third-order valence-electron chi connectivity index (χ3n) is 2.36. The van der Waals surface area contributed by atoms with E-state index in [1.807, 2.05) is 18.7 Å². The molecule has 1 heterocycles. The summed E-state index contributed by atoms with van der Waals surface area (Å²) in [6.45, 7) is 5.75. The Bertz CT molecular complexity index is 187. The van der Waals surface area contributed by atoms with Crippen molar-refractivity contribution >= 4 is 17.7 Å². The highest BCUT2D eigenvalue weighted by atomic mass is 32.2. The maximum atomic E-state index is 11.1. The van der Waals surface area contributed by atoms with Crippen molar-refractivity contribution in [3.05, 3.63) is 0 Å². The van der Waals surface area contributed by atoms with Crippen molar-refractivity contribution in [1.29, 1.82) is 0 Å². The maximum Gasteiger partial charge on any atom is 0.221 e. The van der Waals surface area contributed by atoms with Gasteiger partial charge in [0.05, 0.1) is 0 Å². The van der Waals surface area contributed by atoms with Gasteiger partial charge in [0.2, 0.25) is 5.91 Å². The summed E-state index contributed by atoms with van der Waals surface area (Å²) < 4.78 is 0. The fraction of sp³-hybridized carbons (Fsp3) is 0.900. The second-order valence-electron chi connectivity index (χ2n) is 3.73. The minimum Gasteiger partial charge on any atom is -0.356 e. The molecule has 0 aromatic carbocycles. The van der Waals surface area contributed by atoms with E-state index in [2.05, 4.69) is 17.6 Å². The summed E-state index contributed by atoms with van der Waals surface area (Å²) in [5, 5.41) is 6.99. The number of rotatable bonds is 5. The normalized spacial score (nSPS) is 26.4. The van der Waals surface area contributed by atoms with Crippen molar-refractivity contribution in [2.24, 2.45) is 0 Å². The zero-order valence-corrected chi connectivity index (χ0v) is 9.82. The van der Waals surface area contributed by atoms with Crippen molar-refractivity contribution in [3.8, 4) is 0 Å². The molecule has 14 heavy (non-hydrogen) atoms. The largest absolute Gasteiger partial charge is 0.356 e. The molecule has 0 saturated carbocycles. The molecular weight excluding hydrogens is 196 g/mol. The lowest BCUT2D eigenvalue weighted by Crippen LogP contribution is -2.33. The summed E-state index contributed by atoms with van der Waals surface area (Å²) in [5.41, 5.74) is 0. The van der Waals surface area contributed by atoms with Gasteiger partial charge in [-0.15, -0.1) is 0 Å². The number of amides is 1. The summed E-state index contributed by atoms with van der Waals surface area (Å²) in [6, 6.07) is 0.615. The van der Waals surface area contributed by atoms with Gasteiger partial charge in [-0.05, 0) is 13.3 Å². The molecule has 1 rings (SSSR count). The number of hydrogen-bond acceptors (Lipinski definition) is 3. The number of hydrogen-bond donors (Lipinski definition) is 2. The molecule has 2 unspecified atom stereocenters. The molecular formula is C10H20N2OS. The van der Waals surface area contributed by atoms with E-state index in [9.17, 15) is 4.79 Å². The fourth-order valence-corrected chi connectivity index (χ4v) is 2.82. The van der Waals surface area contributed by atoms with Crippen LogP contribution in [0.1, 0.15) is 26.7 Å². The van der Waals surface area contributed by atoms with Gasteiger partial charge in [0.25, 0.3) is 0 Å². The molecule has 1 saturated heterocycles. The molecule has 1 fully saturated rings. The van der Waals surface area contributed by atoms with Crippen LogP contribution in [0.2, 0.25) is 0 Å². The topological polar surface area (TPSA) is 41.1 Å². The molecule has 2 atom stereocenters. The van der Waals surface area contributed by atoms with E-state index in [0.717, 1.165) is 18.3 Å². The first-order valence-corrected chi connectivity index (χ1v) is 6.39. The minimum atomic E-state index is 0.152. The number of thioether (sulfide) groups is 1. The summed E-state index contributed by atoms with van der Waals surface area (Å²) in [6.07, 6.45) is 1.84. The molecule has 0 bridgehead atoms. The molecule has 82 valence electrons. The monoisotopic (exact) mass is 216 g/mol. The SMILES string of the molecule is CCNC(=O)CCNC1CSC(C)C1. The van der Waals surface area contributed by atoms with Crippen molar-refractivity contribution < 1.29 is 4.79 Å². The maximum absolute atomic E-state index is 11.1. The number of carbonyl (C=O) groups is 1. The van der Waals surface area contributed by atoms with Gasteiger partial charge in [0.1, 0.15) is 0 Å². The predicted octanol–water partition coefficient (Wildman–Crippen LogP) is 0.996. The second kappa shape index (κ2) is 6.30. The molecule has 0 aliphatic carbocycles. The smallest absolute Gasteiger partial charge is 0.221 e. The van der Waals surface area contributed by atoms with E-state index < -0.39 is 0 Å². The van der Waals surface area contributed by atoms with E-state index in [0.29, 0.717) is 12.5 Å². The van der Waals surface area contributed by atoms with Crippen molar-refractivity contribution in [2.45, 2.75) is 38.0 Å². The van der Waals surface area contributed by atoms with Gasteiger partial charge in [-0.1, -0.05) is 6.92 Å². The number of carbonyl (C=O) groups excluding carboxylic acids is 1. The lowest BCUT2D eigenvalue weighted by Gasteiger charge is -2.10. The van der Waals surface area contributed by atoms with Crippen LogP contribution in [0.5, 0.6) is 0 Å². The van der Waals surface area contributed by atoms with Gasteiger partial charge in [0, 0.05) is 36.6 Å². The third kappa shape index (κ3) is 4.33. The Kier molecular flexibility index (Phi) is 5.33. The Hall–Kier alpha value is -0.220. The minimum absolute atomic E-state index is 0.152. The Morgan fingerprint density at radius 1 is 1.57 bits per heavy atom. The highest BCUT2D eigenvalue weighted by molar-refractivity contribution is 8.00. The van der Waals surface area contributed by atoms with Crippen molar-refractivity contribution in [1.82, 2.24) is 10.6 Å². The van der Waals surface area contributed by atoms with Gasteiger partial charge in [-0.25, -0.2) is 0 Å². The summed E-state index contributed by atoms with van der Waals surface area (Å²) in [5.74, 6) is 1.34. The van der Waals surface area contributed by atoms with Gasteiger partial charge >= 0.3 is 0 Å². The molecule has 4 heteroatoms. The van der Waals surface area contributed by atoms with Crippen LogP contribution < -0.4 is 10.6 Å². The first-order valence-electron chi connectivity index (χ1n) is 5.34. The fourth-order valence-electron chi connectivity index (χ4n) is 1.63. The second-order valence-corrected chi connectivity index (χ2v) is 5.21. The lowest BCUT2D eigenvalue weighted by atomic mass is 10.2. The van der Waals surface area contributed by atoms with Crippen molar-refractivity contribution in [3.63, 3.8) is 0 Å². The molecule has 2 N–H and O–H groups in total. The molecule has 0 aromatic heterocycles. The van der Waals surface area contributed by atoms with Crippen LogP contribution >= 0.6 is 11.8 Å². The highest BCUT2D eigenvalue weighted by Crippen LogP contribution is 2.25. The van der Waals surface area contributed by atoms with Gasteiger partial charge in [-0.3, -0.25) is 4.79 Å². The Morgan fingerprint density at radius 3 is 2.93 bits per heavy atom. The highest BCUT2D eigenvalue weighted by Gasteiger charge is 2.20. The summed E-state index contributed by atoms with van der Waals surface area (Å²) in [7, 11) is 0. The van der Waals surface area contributed by atoms with Crippen LogP contribution in [0.4, 0.5) is 0 Å². The molecule has 1 amide bonds. The van der Waals surface area contributed by atoms with E-state index >= 15 is 0 Å². The van der Waals surface area contributed by atoms with Gasteiger partial charge in [-0.2, -0.15) is 11.8 Å². The van der Waals surface area contributed by atoms with Crippen LogP contribution in [0, 0.1) is 0 Å². The van der Waals surface area contributed by atoms with Crippen LogP contribution in [-0.4, -0.2) is 36.0 Å². The Morgan fingerprint density at radius 2 is 2.36 bits per heavy atom. The lowest BCUT2D eigenvalue weighted by molar-refractivity contribution is -0.120. The quantitative estimate of drug-likeness (QED) is 0.720. The number of nitrogens with one attached hydrogen (secondary N) is 2. The zero-order chi connectivity index (χ0) is 10.4. The molecule has 0 aromatic rings. The average Bonchev–Trinajstić information content (AvgIpc) is 2.52. The van der Waals surface area contributed by atoms with Crippen LogP contribution in [0.3, 0.4) is 0 Å². The molecule has 1 aliphatic heterocycles. The Balaban J connectivity index is 2.01. The first-order chi connectivity index (χ1) is 6.72. The molecule has 0 radical (unpaired) electrons. The predicted molar refractivity (Wildman–Crippen MR) is 61.6 cm³/mol. The van der Waals surface area contributed by atoms with Crippen LogP contribution in [0.25, 0.3) is 0 Å². The van der Waals surface area contributed by atoms with Crippen molar-refractivity contribution in [2.75, 3.05) is 18.8 Å². The van der Waals surface area contributed by atoms with E-state index in [4.69, 9.17) is 0 Å². The molecule has 3 nitrogen and oxygen atoms in total. The van der Waals surface area contributed by atoms with Crippen LogP contribution in [0.15, 0.2) is 0 Å². The van der Waals surface area contributed by atoms with E-state index in [-0.39, 0.29) is 5.91 Å². The third-order valence-corrected chi connectivity index (χ3v) is 3.71. The van der Waals surface area contributed by atoms with Crippen LogP contribution in [-0.2, 0) is 4.79 Å². The van der Waals surface area contributed by atoms with Gasteiger partial charge < -0.3 is 10.6 Å². The average molecular weight is 216 g/mol. The zero-order valence-electron chi connectivity index (χ0n) is 9.01. The van der Waals surface area contributed by atoms with E-state index in [1.165, 1.54) is 12.2 Å². The summed E-state index contributed by atoms with van der Waals surface area (Å²) in [4.78, 5) is 11.1. The first kappa shape index (κ1) is 11.9.